The third-order valence-electron chi connectivity index (χ3n) is 2.89. The molecule has 22 heavy (non-hydrogen) atoms. The van der Waals surface area contributed by atoms with Gasteiger partial charge in [-0.15, -0.1) is 10.2 Å². The molecule has 2 aromatic heterocycles. The number of anilines is 1. The quantitative estimate of drug-likeness (QED) is 0.748. The highest BCUT2D eigenvalue weighted by atomic mass is 32.2. The molecule has 0 aliphatic rings. The van der Waals surface area contributed by atoms with Gasteiger partial charge in [-0.2, -0.15) is 9.61 Å². The van der Waals surface area contributed by atoms with Crippen LogP contribution in [0.5, 0.6) is 0 Å². The number of aromatic nitrogens is 4. The smallest absolute Gasteiger partial charge is 0.234 e. The van der Waals surface area contributed by atoms with Crippen LogP contribution in [-0.2, 0) is 4.79 Å². The maximum atomic E-state index is 13.4. The largest absolute Gasteiger partial charge is 0.323 e. The van der Waals surface area contributed by atoms with Gasteiger partial charge in [0.25, 0.3) is 0 Å². The normalized spacial score (nSPS) is 10.8. The first-order chi connectivity index (χ1) is 10.6. The van der Waals surface area contributed by atoms with Crippen molar-refractivity contribution in [3.05, 3.63) is 48.0 Å². The molecule has 1 N–H and O–H groups in total. The van der Waals surface area contributed by atoms with E-state index in [1.54, 1.807) is 35.7 Å². The summed E-state index contributed by atoms with van der Waals surface area (Å²) in [6, 6.07) is 9.60. The molecule has 3 aromatic rings. The fourth-order valence-electron chi connectivity index (χ4n) is 1.84. The zero-order valence-corrected chi connectivity index (χ0v) is 12.5. The Morgan fingerprint density at radius 3 is 2.91 bits per heavy atom. The molecule has 0 aliphatic heterocycles. The molecular formula is C14H12FN5OS. The van der Waals surface area contributed by atoms with Crippen LogP contribution in [0.15, 0.2) is 41.4 Å². The van der Waals surface area contributed by atoms with Gasteiger partial charge in [-0.25, -0.2) is 4.39 Å². The van der Waals surface area contributed by atoms with E-state index in [1.807, 2.05) is 0 Å². The summed E-state index contributed by atoms with van der Waals surface area (Å²) in [5.74, 6) is 0.0554. The lowest BCUT2D eigenvalue weighted by atomic mass is 10.3. The summed E-state index contributed by atoms with van der Waals surface area (Å²) >= 11 is 1.26. The first kappa shape index (κ1) is 14.5. The van der Waals surface area contributed by atoms with Crippen LogP contribution in [0.3, 0.4) is 0 Å². The van der Waals surface area contributed by atoms with Gasteiger partial charge >= 0.3 is 0 Å². The van der Waals surface area contributed by atoms with Crippen LogP contribution < -0.4 is 5.32 Å². The molecule has 2 heterocycles. The van der Waals surface area contributed by atoms with Gasteiger partial charge < -0.3 is 5.32 Å². The van der Waals surface area contributed by atoms with E-state index in [0.717, 1.165) is 0 Å². The predicted molar refractivity (Wildman–Crippen MR) is 81.3 cm³/mol. The van der Waals surface area contributed by atoms with Gasteiger partial charge in [0.1, 0.15) is 10.8 Å². The van der Waals surface area contributed by atoms with E-state index in [2.05, 4.69) is 20.6 Å². The Bertz CT molecular complexity index is 835. The number of fused-ring (bicyclic) bond motifs is 1. The summed E-state index contributed by atoms with van der Waals surface area (Å²) in [6.07, 6.45) is 0. The molecular weight excluding hydrogens is 305 g/mol. The van der Waals surface area contributed by atoms with Gasteiger partial charge in [0.2, 0.25) is 5.91 Å². The number of hydrogen-bond donors (Lipinski definition) is 1. The van der Waals surface area contributed by atoms with Crippen molar-refractivity contribution in [3.63, 3.8) is 0 Å². The second kappa shape index (κ2) is 6.10. The Morgan fingerprint density at radius 1 is 1.27 bits per heavy atom. The fraction of sp³-hybridized carbons (Fsp3) is 0.143. The third kappa shape index (κ3) is 3.06. The van der Waals surface area contributed by atoms with Crippen molar-refractivity contribution < 1.29 is 9.18 Å². The minimum atomic E-state index is -0.458. The van der Waals surface area contributed by atoms with E-state index < -0.39 is 5.82 Å². The number of amides is 1. The average Bonchev–Trinajstić information content (AvgIpc) is 2.89. The van der Waals surface area contributed by atoms with Crippen molar-refractivity contribution in [1.29, 1.82) is 0 Å². The Kier molecular flexibility index (Phi) is 4.01. The van der Waals surface area contributed by atoms with Gasteiger partial charge in [-0.1, -0.05) is 23.9 Å². The number of halogens is 1. The second-order valence-corrected chi connectivity index (χ2v) is 5.50. The zero-order chi connectivity index (χ0) is 15.5. The third-order valence-corrected chi connectivity index (χ3v) is 3.81. The van der Waals surface area contributed by atoms with Gasteiger partial charge in [0.05, 0.1) is 11.4 Å². The monoisotopic (exact) mass is 317 g/mol. The molecule has 6 nitrogen and oxygen atoms in total. The van der Waals surface area contributed by atoms with Gasteiger partial charge in [0.15, 0.2) is 11.5 Å². The summed E-state index contributed by atoms with van der Waals surface area (Å²) in [4.78, 5) is 11.9. The number of carbonyl (C=O) groups is 1. The van der Waals surface area contributed by atoms with Gasteiger partial charge in [0, 0.05) is 0 Å². The van der Waals surface area contributed by atoms with Crippen molar-refractivity contribution in [2.75, 3.05) is 11.1 Å². The Labute approximate surface area is 129 Å². The van der Waals surface area contributed by atoms with Crippen molar-refractivity contribution in [1.82, 2.24) is 19.8 Å². The molecule has 3 rings (SSSR count). The van der Waals surface area contributed by atoms with E-state index in [9.17, 15) is 9.18 Å². The minimum absolute atomic E-state index is 0.133. The molecule has 0 saturated heterocycles. The molecule has 0 radical (unpaired) electrons. The number of benzene rings is 1. The molecule has 1 amide bonds. The number of aryl methyl sites for hydroxylation is 1. The predicted octanol–water partition coefficient (Wildman–Crippen LogP) is 2.30. The Hall–Kier alpha value is -2.48. The summed E-state index contributed by atoms with van der Waals surface area (Å²) in [5, 5.41) is 15.4. The molecule has 0 bridgehead atoms. The highest BCUT2D eigenvalue weighted by Gasteiger charge is 2.09. The fourth-order valence-corrected chi connectivity index (χ4v) is 2.50. The minimum Gasteiger partial charge on any atom is -0.323 e. The van der Waals surface area contributed by atoms with E-state index >= 15 is 0 Å². The topological polar surface area (TPSA) is 72.2 Å². The molecule has 0 unspecified atom stereocenters. The van der Waals surface area contributed by atoms with Crippen molar-refractivity contribution in [2.45, 2.75) is 11.9 Å². The number of rotatable bonds is 4. The number of hydrogen-bond acceptors (Lipinski definition) is 5. The maximum Gasteiger partial charge on any atom is 0.234 e. The summed E-state index contributed by atoms with van der Waals surface area (Å²) in [5.41, 5.74) is 0.823. The van der Waals surface area contributed by atoms with Crippen LogP contribution >= 0.6 is 11.8 Å². The maximum absolute atomic E-state index is 13.4. The molecule has 0 aliphatic carbocycles. The summed E-state index contributed by atoms with van der Waals surface area (Å²) in [6.45, 7) is 1.80. The summed E-state index contributed by atoms with van der Waals surface area (Å²) < 4.78 is 15.1. The van der Waals surface area contributed by atoms with Crippen LogP contribution in [0.25, 0.3) is 5.65 Å². The van der Waals surface area contributed by atoms with Gasteiger partial charge in [-0.05, 0) is 31.2 Å². The van der Waals surface area contributed by atoms with E-state index in [1.165, 1.54) is 23.9 Å². The lowest BCUT2D eigenvalue weighted by molar-refractivity contribution is -0.113. The molecule has 0 fully saturated rings. The highest BCUT2D eigenvalue weighted by Crippen LogP contribution is 2.17. The molecule has 0 spiro atoms. The van der Waals surface area contributed by atoms with Crippen LogP contribution in [0.4, 0.5) is 10.1 Å². The van der Waals surface area contributed by atoms with Crippen LogP contribution in [-0.4, -0.2) is 31.5 Å². The first-order valence-corrected chi connectivity index (χ1v) is 7.48. The van der Waals surface area contributed by atoms with Crippen molar-refractivity contribution in [3.8, 4) is 0 Å². The number of thioether (sulfide) groups is 1. The van der Waals surface area contributed by atoms with Crippen molar-refractivity contribution >= 4 is 29.0 Å². The molecule has 0 saturated carbocycles. The lowest BCUT2D eigenvalue weighted by Gasteiger charge is -2.06. The highest BCUT2D eigenvalue weighted by molar-refractivity contribution is 7.99. The number of nitrogens with zero attached hydrogens (tertiary/aromatic N) is 4. The molecule has 112 valence electrons. The van der Waals surface area contributed by atoms with Crippen LogP contribution in [0.2, 0.25) is 0 Å². The SMILES string of the molecule is Cc1nnc2ccc(SCC(=O)Nc3ccccc3F)nn12. The zero-order valence-electron chi connectivity index (χ0n) is 11.7. The number of carbonyl (C=O) groups excluding carboxylic acids is 1. The average molecular weight is 317 g/mol. The van der Waals surface area contributed by atoms with E-state index in [-0.39, 0.29) is 17.3 Å². The number of nitrogens with one attached hydrogen (secondary N) is 1. The second-order valence-electron chi connectivity index (χ2n) is 4.51. The van der Waals surface area contributed by atoms with Crippen molar-refractivity contribution in [2.24, 2.45) is 0 Å². The van der Waals surface area contributed by atoms with Crippen LogP contribution in [0.1, 0.15) is 5.82 Å². The first-order valence-electron chi connectivity index (χ1n) is 6.50. The lowest BCUT2D eigenvalue weighted by Crippen LogP contribution is -2.15. The van der Waals surface area contributed by atoms with E-state index in [4.69, 9.17) is 0 Å². The molecule has 8 heteroatoms. The number of para-hydroxylation sites is 1. The summed E-state index contributed by atoms with van der Waals surface area (Å²) in [7, 11) is 0. The van der Waals surface area contributed by atoms with Gasteiger partial charge in [-0.3, -0.25) is 4.79 Å². The van der Waals surface area contributed by atoms with E-state index in [0.29, 0.717) is 16.5 Å². The Balaban J connectivity index is 1.64. The van der Waals surface area contributed by atoms with Crippen LogP contribution in [0, 0.1) is 12.7 Å². The molecule has 1 aromatic carbocycles. The Morgan fingerprint density at radius 2 is 2.09 bits per heavy atom. The standard InChI is InChI=1S/C14H12FN5OS/c1-9-17-18-12-6-7-14(19-20(9)12)22-8-13(21)16-11-5-3-2-4-10(11)15/h2-7H,8H2,1H3,(H,16,21). The molecule has 0 atom stereocenters.